The average Bonchev–Trinajstić information content (AvgIpc) is 2.47. The van der Waals surface area contributed by atoms with Crippen molar-refractivity contribution in [3.8, 4) is 17.6 Å². The van der Waals surface area contributed by atoms with Crippen molar-refractivity contribution in [2.45, 2.75) is 13.0 Å². The summed E-state index contributed by atoms with van der Waals surface area (Å²) in [7, 11) is 0. The van der Waals surface area contributed by atoms with Crippen molar-refractivity contribution in [3.63, 3.8) is 0 Å². The minimum Gasteiger partial charge on any atom is -0.488 e. The maximum Gasteiger partial charge on any atom is 0.141 e. The fraction of sp³-hybridized carbons (Fsp3) is 0.188. The number of para-hydroxylation sites is 1. The highest BCUT2D eigenvalue weighted by Gasteiger charge is 2.02. The number of hydrogen-bond acceptors (Lipinski definition) is 2. The van der Waals surface area contributed by atoms with E-state index in [4.69, 9.17) is 16.3 Å². The Hall–Kier alpha value is -2.05. The Bertz CT molecular complexity index is 634. The van der Waals surface area contributed by atoms with Gasteiger partial charge < -0.3 is 4.74 Å². The van der Waals surface area contributed by atoms with Crippen LogP contribution in [0.2, 0.25) is 0 Å². The summed E-state index contributed by atoms with van der Waals surface area (Å²) in [5.74, 6) is 6.77. The zero-order chi connectivity index (χ0) is 14.2. The van der Waals surface area contributed by atoms with Gasteiger partial charge in [-0.15, -0.1) is 11.6 Å². The molecule has 0 spiro atoms. The molecule has 2 aromatic rings. The van der Waals surface area contributed by atoms with Crippen molar-refractivity contribution in [1.29, 1.82) is 0 Å². The lowest BCUT2D eigenvalue weighted by molar-refractivity contribution is 0.304. The molecule has 20 heavy (non-hydrogen) atoms. The second-order valence-electron chi connectivity index (χ2n) is 4.04. The molecule has 102 valence electrons. The predicted molar refractivity (Wildman–Crippen MR) is 77.2 cm³/mol. The van der Waals surface area contributed by atoms with Crippen LogP contribution >= 0.6 is 11.6 Å². The lowest BCUT2D eigenvalue weighted by Gasteiger charge is -2.08. The predicted octanol–water partition coefficient (Wildman–Crippen LogP) is 3.78. The average molecular weight is 290 g/mol. The lowest BCUT2D eigenvalue weighted by atomic mass is 10.2. The third kappa shape index (κ3) is 4.25. The number of pyridine rings is 1. The van der Waals surface area contributed by atoms with Crippen molar-refractivity contribution in [2.24, 2.45) is 0 Å². The van der Waals surface area contributed by atoms with Crippen molar-refractivity contribution < 1.29 is 9.13 Å². The summed E-state index contributed by atoms with van der Waals surface area (Å²) in [4.78, 5) is 3.78. The molecule has 0 unspecified atom stereocenters. The summed E-state index contributed by atoms with van der Waals surface area (Å²) in [6, 6.07) is 8.86. The van der Waals surface area contributed by atoms with Gasteiger partial charge >= 0.3 is 0 Å². The molecule has 2 rings (SSSR count). The van der Waals surface area contributed by atoms with Gasteiger partial charge in [-0.25, -0.2) is 4.39 Å². The molecule has 0 aliphatic carbocycles. The fourth-order valence-corrected chi connectivity index (χ4v) is 1.69. The number of aromatic nitrogens is 1. The normalized spacial score (nSPS) is 9.70. The maximum absolute atomic E-state index is 13.0. The summed E-state index contributed by atoms with van der Waals surface area (Å²) < 4.78 is 18.7. The van der Waals surface area contributed by atoms with Gasteiger partial charge in [0.1, 0.15) is 18.2 Å². The summed E-state index contributed by atoms with van der Waals surface area (Å²) in [5, 5.41) is 0. The Morgan fingerprint density at radius 2 is 2.10 bits per heavy atom. The van der Waals surface area contributed by atoms with Gasteiger partial charge in [0.05, 0.1) is 11.8 Å². The molecule has 0 bridgehead atoms. The monoisotopic (exact) mass is 289 g/mol. The molecule has 0 saturated carbocycles. The summed E-state index contributed by atoms with van der Waals surface area (Å²) in [6.07, 6.45) is 3.36. The molecule has 0 fully saturated rings. The Balaban J connectivity index is 2.08. The van der Waals surface area contributed by atoms with E-state index in [1.165, 1.54) is 6.07 Å². The van der Waals surface area contributed by atoms with Crippen LogP contribution in [0, 0.1) is 17.7 Å². The van der Waals surface area contributed by atoms with Crippen LogP contribution in [0.15, 0.2) is 42.7 Å². The highest BCUT2D eigenvalue weighted by atomic mass is 35.5. The molecule has 0 atom stereocenters. The second-order valence-corrected chi connectivity index (χ2v) is 4.41. The molecule has 0 N–H and O–H groups in total. The summed E-state index contributed by atoms with van der Waals surface area (Å²) in [6.45, 7) is 0.249. The van der Waals surface area contributed by atoms with Gasteiger partial charge in [-0.2, -0.15) is 0 Å². The number of alkyl halides is 1. The van der Waals surface area contributed by atoms with Crippen molar-refractivity contribution >= 4 is 11.6 Å². The first-order valence-corrected chi connectivity index (χ1v) is 6.69. The van der Waals surface area contributed by atoms with Crippen LogP contribution < -0.4 is 4.74 Å². The van der Waals surface area contributed by atoms with Gasteiger partial charge in [0.15, 0.2) is 0 Å². The first kappa shape index (κ1) is 14.4. The van der Waals surface area contributed by atoms with E-state index in [2.05, 4.69) is 16.8 Å². The molecule has 0 radical (unpaired) electrons. The van der Waals surface area contributed by atoms with Crippen molar-refractivity contribution in [2.75, 3.05) is 5.88 Å². The third-order valence-corrected chi connectivity index (χ3v) is 2.67. The van der Waals surface area contributed by atoms with E-state index in [-0.39, 0.29) is 12.4 Å². The van der Waals surface area contributed by atoms with Crippen molar-refractivity contribution in [1.82, 2.24) is 4.98 Å². The minimum atomic E-state index is -0.374. The maximum atomic E-state index is 13.0. The Kier molecular flexibility index (Phi) is 5.40. The highest BCUT2D eigenvalue weighted by molar-refractivity contribution is 6.18. The van der Waals surface area contributed by atoms with Crippen LogP contribution in [0.25, 0.3) is 0 Å². The van der Waals surface area contributed by atoms with Crippen LogP contribution in [-0.2, 0) is 6.61 Å². The van der Waals surface area contributed by atoms with Crippen LogP contribution in [-0.4, -0.2) is 10.9 Å². The largest absolute Gasteiger partial charge is 0.488 e. The molecule has 1 aromatic heterocycles. The van der Waals surface area contributed by atoms with Gasteiger partial charge in [0, 0.05) is 24.1 Å². The smallest absolute Gasteiger partial charge is 0.141 e. The van der Waals surface area contributed by atoms with E-state index in [1.807, 2.05) is 24.3 Å². The van der Waals surface area contributed by atoms with Gasteiger partial charge in [-0.05, 0) is 18.2 Å². The number of nitrogens with zero attached hydrogens (tertiary/aromatic N) is 1. The highest BCUT2D eigenvalue weighted by Crippen LogP contribution is 2.18. The van der Waals surface area contributed by atoms with Gasteiger partial charge in [-0.3, -0.25) is 4.98 Å². The summed E-state index contributed by atoms with van der Waals surface area (Å²) >= 11 is 5.59. The molecular weight excluding hydrogens is 277 g/mol. The molecule has 1 heterocycles. The molecule has 2 nitrogen and oxygen atoms in total. The van der Waals surface area contributed by atoms with E-state index < -0.39 is 0 Å². The van der Waals surface area contributed by atoms with E-state index in [0.717, 1.165) is 11.8 Å². The molecule has 0 saturated heterocycles. The molecule has 0 aliphatic rings. The second kappa shape index (κ2) is 7.52. The van der Waals surface area contributed by atoms with Crippen LogP contribution in [0.1, 0.15) is 17.5 Å². The molecular formula is C16H13ClFNO. The topological polar surface area (TPSA) is 22.1 Å². The summed E-state index contributed by atoms with van der Waals surface area (Å²) in [5.41, 5.74) is 1.47. The lowest BCUT2D eigenvalue weighted by Crippen LogP contribution is -1.98. The first-order chi connectivity index (χ1) is 9.79. The van der Waals surface area contributed by atoms with E-state index in [9.17, 15) is 4.39 Å². The first-order valence-electron chi connectivity index (χ1n) is 6.15. The number of rotatable bonds is 4. The quantitative estimate of drug-likeness (QED) is 0.631. The van der Waals surface area contributed by atoms with Crippen LogP contribution in [0.4, 0.5) is 4.39 Å². The zero-order valence-electron chi connectivity index (χ0n) is 10.8. The minimum absolute atomic E-state index is 0.249. The number of hydrogen-bond donors (Lipinski definition) is 0. The van der Waals surface area contributed by atoms with Gasteiger partial charge in [-0.1, -0.05) is 24.0 Å². The van der Waals surface area contributed by atoms with E-state index >= 15 is 0 Å². The van der Waals surface area contributed by atoms with Crippen LogP contribution in [0.5, 0.6) is 5.75 Å². The Morgan fingerprint density at radius 1 is 1.25 bits per heavy atom. The number of ether oxygens (including phenoxy) is 1. The molecule has 4 heteroatoms. The van der Waals surface area contributed by atoms with Gasteiger partial charge in [0.25, 0.3) is 0 Å². The third-order valence-electron chi connectivity index (χ3n) is 2.49. The molecule has 0 aliphatic heterocycles. The Morgan fingerprint density at radius 3 is 2.90 bits per heavy atom. The molecule has 1 aromatic carbocycles. The van der Waals surface area contributed by atoms with Gasteiger partial charge in [0.2, 0.25) is 0 Å². The van der Waals surface area contributed by atoms with Crippen LogP contribution in [0.3, 0.4) is 0 Å². The van der Waals surface area contributed by atoms with Crippen molar-refractivity contribution in [3.05, 3.63) is 59.7 Å². The Labute approximate surface area is 122 Å². The zero-order valence-corrected chi connectivity index (χ0v) is 11.5. The standard InChI is InChI=1S/C16H13ClFNO/c17-8-4-3-6-14-5-1-2-7-16(14)20-12-13-9-15(18)11-19-10-13/h1-2,5,7,9-11H,4,8,12H2. The number of halogens is 2. The number of benzene rings is 1. The fourth-order valence-electron chi connectivity index (χ4n) is 1.60. The van der Waals surface area contributed by atoms with E-state index in [1.54, 1.807) is 6.20 Å². The molecule has 0 amide bonds. The SMILES string of the molecule is Fc1cncc(COc2ccccc2C#CCCCl)c1. The van der Waals surface area contributed by atoms with E-state index in [0.29, 0.717) is 23.6 Å².